The lowest BCUT2D eigenvalue weighted by atomic mass is 9.79. The average Bonchev–Trinajstić information content (AvgIpc) is 2.42. The van der Waals surface area contributed by atoms with E-state index in [1.165, 1.54) is 6.42 Å². The lowest BCUT2D eigenvalue weighted by molar-refractivity contribution is 0.0910. The molecular weight excluding hydrogens is 272 g/mol. The van der Waals surface area contributed by atoms with E-state index in [9.17, 15) is 4.79 Å². The van der Waals surface area contributed by atoms with Crippen LogP contribution in [0.25, 0.3) is 0 Å². The van der Waals surface area contributed by atoms with Crippen LogP contribution in [0.4, 0.5) is 0 Å². The van der Waals surface area contributed by atoms with Crippen molar-refractivity contribution in [1.29, 1.82) is 0 Å². The molecule has 3 atom stereocenters. The Bertz CT molecular complexity index is 489. The summed E-state index contributed by atoms with van der Waals surface area (Å²) in [5, 5.41) is 3.53. The summed E-state index contributed by atoms with van der Waals surface area (Å²) in [5.41, 5.74) is 1.47. The van der Waals surface area contributed by atoms with Gasteiger partial charge in [0.2, 0.25) is 0 Å². The maximum atomic E-state index is 12.3. The number of halogens is 1. The van der Waals surface area contributed by atoms with Gasteiger partial charge in [0.05, 0.1) is 0 Å². The molecular formula is C16H23ClN2O. The topological polar surface area (TPSA) is 42.0 Å². The molecule has 4 heteroatoms. The minimum atomic E-state index is -0.0317. The van der Waals surface area contributed by atoms with Crippen molar-refractivity contribution in [1.82, 2.24) is 10.3 Å². The first kappa shape index (κ1) is 15.3. The van der Waals surface area contributed by atoms with E-state index in [1.54, 1.807) is 6.07 Å². The fourth-order valence-electron chi connectivity index (χ4n) is 2.81. The summed E-state index contributed by atoms with van der Waals surface area (Å²) < 4.78 is 0. The predicted molar refractivity (Wildman–Crippen MR) is 82.1 cm³/mol. The third-order valence-electron chi connectivity index (χ3n) is 4.40. The van der Waals surface area contributed by atoms with E-state index in [-0.39, 0.29) is 11.9 Å². The molecule has 3 nitrogen and oxygen atoms in total. The van der Waals surface area contributed by atoms with Gasteiger partial charge in [-0.3, -0.25) is 4.79 Å². The molecule has 0 aliphatic heterocycles. The third-order valence-corrected chi connectivity index (χ3v) is 4.60. The highest BCUT2D eigenvalue weighted by molar-refractivity contribution is 6.29. The molecule has 0 aromatic carbocycles. The van der Waals surface area contributed by atoms with Gasteiger partial charge in [0.15, 0.2) is 0 Å². The molecule has 0 radical (unpaired) electrons. The number of carbonyl (C=O) groups is 1. The standard InChI is InChI=1S/C16H23ClN2O/c1-4-13-8-12(9-15(17)18-13)16(20)19-14-6-5-10(2)11(3)7-14/h8-11,14H,4-7H2,1-3H3,(H,19,20). The van der Waals surface area contributed by atoms with Crippen molar-refractivity contribution in [3.05, 3.63) is 28.5 Å². The molecule has 1 heterocycles. The zero-order valence-electron chi connectivity index (χ0n) is 12.4. The van der Waals surface area contributed by atoms with Crippen LogP contribution in [-0.2, 0) is 6.42 Å². The first-order valence-electron chi connectivity index (χ1n) is 7.47. The number of aromatic nitrogens is 1. The summed E-state index contributed by atoms with van der Waals surface area (Å²) >= 11 is 5.97. The van der Waals surface area contributed by atoms with Crippen LogP contribution >= 0.6 is 11.6 Å². The zero-order valence-corrected chi connectivity index (χ0v) is 13.2. The maximum Gasteiger partial charge on any atom is 0.251 e. The summed E-state index contributed by atoms with van der Waals surface area (Å²) in [7, 11) is 0. The van der Waals surface area contributed by atoms with Crippen LogP contribution < -0.4 is 5.32 Å². The minimum Gasteiger partial charge on any atom is -0.349 e. The molecule has 3 unspecified atom stereocenters. The fraction of sp³-hybridized carbons (Fsp3) is 0.625. The lowest BCUT2D eigenvalue weighted by Crippen LogP contribution is -2.39. The van der Waals surface area contributed by atoms with Crippen LogP contribution in [-0.4, -0.2) is 16.9 Å². The first-order chi connectivity index (χ1) is 9.49. The summed E-state index contributed by atoms with van der Waals surface area (Å²) in [4.78, 5) is 16.5. The second-order valence-corrected chi connectivity index (χ2v) is 6.35. The summed E-state index contributed by atoms with van der Waals surface area (Å²) in [5.74, 6) is 1.39. The van der Waals surface area contributed by atoms with Crippen molar-refractivity contribution < 1.29 is 4.79 Å². The van der Waals surface area contributed by atoms with Crippen molar-refractivity contribution in [2.75, 3.05) is 0 Å². The number of rotatable bonds is 3. The summed E-state index contributed by atoms with van der Waals surface area (Å²) in [6.45, 7) is 6.56. The number of nitrogens with one attached hydrogen (secondary N) is 1. The smallest absolute Gasteiger partial charge is 0.251 e. The van der Waals surface area contributed by atoms with E-state index in [4.69, 9.17) is 11.6 Å². The van der Waals surface area contributed by atoms with Crippen LogP contribution in [0.1, 0.15) is 56.1 Å². The largest absolute Gasteiger partial charge is 0.349 e. The molecule has 0 saturated heterocycles. The van der Waals surface area contributed by atoms with Crippen LogP contribution in [0.15, 0.2) is 12.1 Å². The van der Waals surface area contributed by atoms with Crippen molar-refractivity contribution in [3.8, 4) is 0 Å². The van der Waals surface area contributed by atoms with Gasteiger partial charge in [-0.25, -0.2) is 4.98 Å². The molecule has 1 amide bonds. The van der Waals surface area contributed by atoms with Gasteiger partial charge in [0.1, 0.15) is 5.15 Å². The third kappa shape index (κ3) is 3.72. The van der Waals surface area contributed by atoms with Gasteiger partial charge in [-0.2, -0.15) is 0 Å². The second kappa shape index (κ2) is 6.57. The van der Waals surface area contributed by atoms with Crippen molar-refractivity contribution in [2.45, 2.75) is 52.5 Å². The Morgan fingerprint density at radius 1 is 1.35 bits per heavy atom. The van der Waals surface area contributed by atoms with Gasteiger partial charge in [-0.05, 0) is 49.7 Å². The molecule has 1 aliphatic rings. The molecule has 1 aromatic heterocycles. The Hall–Kier alpha value is -1.09. The second-order valence-electron chi connectivity index (χ2n) is 5.96. The Kier molecular flexibility index (Phi) is 5.03. The molecule has 0 spiro atoms. The number of pyridine rings is 1. The molecule has 20 heavy (non-hydrogen) atoms. The number of nitrogens with zero attached hydrogens (tertiary/aromatic N) is 1. The van der Waals surface area contributed by atoms with Crippen LogP contribution in [0.3, 0.4) is 0 Å². The number of hydrogen-bond acceptors (Lipinski definition) is 2. The maximum absolute atomic E-state index is 12.3. The van der Waals surface area contributed by atoms with Crippen LogP contribution in [0.2, 0.25) is 5.15 Å². The minimum absolute atomic E-state index is 0.0317. The van der Waals surface area contributed by atoms with E-state index < -0.39 is 0 Å². The molecule has 1 fully saturated rings. The van der Waals surface area contributed by atoms with Crippen molar-refractivity contribution in [2.24, 2.45) is 11.8 Å². The van der Waals surface area contributed by atoms with Crippen LogP contribution in [0.5, 0.6) is 0 Å². The number of carbonyl (C=O) groups excluding carboxylic acids is 1. The highest BCUT2D eigenvalue weighted by Gasteiger charge is 2.25. The van der Waals surface area contributed by atoms with E-state index in [1.807, 2.05) is 13.0 Å². The Balaban J connectivity index is 2.03. The molecule has 1 saturated carbocycles. The molecule has 110 valence electrons. The highest BCUT2D eigenvalue weighted by Crippen LogP contribution is 2.29. The van der Waals surface area contributed by atoms with E-state index >= 15 is 0 Å². The number of hydrogen-bond donors (Lipinski definition) is 1. The SMILES string of the molecule is CCc1cc(C(=O)NC2CCC(C)C(C)C2)cc(Cl)n1. The van der Waals surface area contributed by atoms with Gasteiger partial charge in [-0.1, -0.05) is 32.4 Å². The summed E-state index contributed by atoms with van der Waals surface area (Å²) in [6, 6.07) is 3.76. The van der Waals surface area contributed by atoms with E-state index in [0.717, 1.165) is 30.9 Å². The number of aryl methyl sites for hydroxylation is 1. The van der Waals surface area contributed by atoms with Gasteiger partial charge >= 0.3 is 0 Å². The van der Waals surface area contributed by atoms with Crippen molar-refractivity contribution >= 4 is 17.5 Å². The van der Waals surface area contributed by atoms with Crippen LogP contribution in [0, 0.1) is 11.8 Å². The molecule has 1 N–H and O–H groups in total. The average molecular weight is 295 g/mol. The quantitative estimate of drug-likeness (QED) is 0.860. The lowest BCUT2D eigenvalue weighted by Gasteiger charge is -2.32. The van der Waals surface area contributed by atoms with Gasteiger partial charge < -0.3 is 5.32 Å². The normalized spacial score (nSPS) is 26.3. The predicted octanol–water partition coefficient (Wildman–Crippen LogP) is 3.85. The molecule has 2 rings (SSSR count). The van der Waals surface area contributed by atoms with Gasteiger partial charge in [-0.15, -0.1) is 0 Å². The zero-order chi connectivity index (χ0) is 14.7. The number of amides is 1. The Labute approximate surface area is 126 Å². The first-order valence-corrected chi connectivity index (χ1v) is 7.84. The van der Waals surface area contributed by atoms with E-state index in [0.29, 0.717) is 16.6 Å². The van der Waals surface area contributed by atoms with Gasteiger partial charge in [0, 0.05) is 17.3 Å². The Morgan fingerprint density at radius 3 is 2.75 bits per heavy atom. The summed E-state index contributed by atoms with van der Waals surface area (Å²) in [6.07, 6.45) is 4.09. The molecule has 1 aliphatic carbocycles. The monoisotopic (exact) mass is 294 g/mol. The van der Waals surface area contributed by atoms with E-state index in [2.05, 4.69) is 24.1 Å². The van der Waals surface area contributed by atoms with Gasteiger partial charge in [0.25, 0.3) is 5.91 Å². The fourth-order valence-corrected chi connectivity index (χ4v) is 3.04. The molecule has 0 bridgehead atoms. The Morgan fingerprint density at radius 2 is 2.10 bits per heavy atom. The molecule has 1 aromatic rings. The van der Waals surface area contributed by atoms with Crippen molar-refractivity contribution in [3.63, 3.8) is 0 Å². The highest BCUT2D eigenvalue weighted by atomic mass is 35.5.